The van der Waals surface area contributed by atoms with Crippen molar-refractivity contribution in [2.24, 2.45) is 5.92 Å². The first kappa shape index (κ1) is 23.5. The summed E-state index contributed by atoms with van der Waals surface area (Å²) < 4.78 is 0.855. The van der Waals surface area contributed by atoms with Gasteiger partial charge >= 0.3 is 0 Å². The summed E-state index contributed by atoms with van der Waals surface area (Å²) in [5, 5.41) is 21.3. The summed E-state index contributed by atoms with van der Waals surface area (Å²) in [5.74, 6) is 0.925. The topological polar surface area (TPSA) is 40.5 Å². The van der Waals surface area contributed by atoms with Gasteiger partial charge in [0.15, 0.2) is 0 Å². The van der Waals surface area contributed by atoms with E-state index in [2.05, 4.69) is 62.0 Å². The third-order valence-corrected chi connectivity index (χ3v) is 6.81. The lowest BCUT2D eigenvalue weighted by Crippen LogP contribution is -2.18. The van der Waals surface area contributed by atoms with Gasteiger partial charge in [-0.05, 0) is 81.6 Å². The molecule has 0 spiro atoms. The molecule has 0 aliphatic heterocycles. The Hall–Kier alpha value is -1.74. The molecule has 0 saturated heterocycles. The highest BCUT2D eigenvalue weighted by Crippen LogP contribution is 2.51. The smallest absolute Gasteiger partial charge is 0.124 e. The van der Waals surface area contributed by atoms with Crippen LogP contribution in [0.15, 0.2) is 58.6 Å². The van der Waals surface area contributed by atoms with E-state index in [9.17, 15) is 10.2 Å². The van der Waals surface area contributed by atoms with Crippen LogP contribution in [0.3, 0.4) is 0 Å². The van der Waals surface area contributed by atoms with Gasteiger partial charge in [0, 0.05) is 33.5 Å². The average Bonchev–Trinajstić information content (AvgIpc) is 2.62. The molecule has 0 amide bonds. The van der Waals surface area contributed by atoms with Crippen LogP contribution in [-0.2, 0) is 0 Å². The Kier molecular flexibility index (Phi) is 8.39. The number of rotatable bonds is 3. The van der Waals surface area contributed by atoms with Gasteiger partial charge in [0.25, 0.3) is 0 Å². The number of hydrogen-bond acceptors (Lipinski definition) is 2. The van der Waals surface area contributed by atoms with Crippen LogP contribution in [0.2, 0.25) is 0 Å². The highest BCUT2D eigenvalue weighted by molar-refractivity contribution is 9.10. The third kappa shape index (κ3) is 5.45. The van der Waals surface area contributed by atoms with Gasteiger partial charge in [0.2, 0.25) is 0 Å². The van der Waals surface area contributed by atoms with Crippen LogP contribution in [0, 0.1) is 5.92 Å². The standard InChI is InChI=1S/C23H29BrO2.C3H6/c1-13(2)17-9-8-15(4)11-18(17)22-20(26)12-19(25)21(23(22)24)16-7-5-6-14(3)10-16;1-3-2/h10-12,16-18,25-26H,1,5-9H2,2-4H3;3H,1H2,2H3/t16?,17?,18-;/m1./s1. The van der Waals surface area contributed by atoms with Crippen LogP contribution in [0.1, 0.15) is 82.8 Å². The van der Waals surface area contributed by atoms with Crippen LogP contribution in [-0.4, -0.2) is 10.2 Å². The van der Waals surface area contributed by atoms with Crippen molar-refractivity contribution in [2.45, 2.75) is 71.6 Å². The molecule has 1 aromatic rings. The summed E-state index contributed by atoms with van der Waals surface area (Å²) in [6.07, 6.45) is 11.7. The Morgan fingerprint density at radius 2 is 1.66 bits per heavy atom. The van der Waals surface area contributed by atoms with Gasteiger partial charge in [-0.15, -0.1) is 6.58 Å². The highest BCUT2D eigenvalue weighted by atomic mass is 79.9. The molecule has 2 nitrogen and oxygen atoms in total. The molecule has 0 bridgehead atoms. The van der Waals surface area contributed by atoms with Gasteiger partial charge in [-0.1, -0.05) is 41.5 Å². The fourth-order valence-electron chi connectivity index (χ4n) is 4.57. The summed E-state index contributed by atoms with van der Waals surface area (Å²) in [7, 11) is 0. The average molecular weight is 459 g/mol. The molecule has 2 unspecified atom stereocenters. The summed E-state index contributed by atoms with van der Waals surface area (Å²) >= 11 is 3.76. The van der Waals surface area contributed by atoms with Crippen molar-refractivity contribution in [3.05, 3.63) is 69.8 Å². The molecule has 3 atom stereocenters. The predicted molar refractivity (Wildman–Crippen MR) is 128 cm³/mol. The number of phenols is 2. The summed E-state index contributed by atoms with van der Waals surface area (Å²) in [4.78, 5) is 0. The molecule has 0 saturated carbocycles. The molecule has 3 rings (SSSR count). The first-order valence-electron chi connectivity index (χ1n) is 10.5. The summed E-state index contributed by atoms with van der Waals surface area (Å²) in [6, 6.07) is 1.53. The second kappa shape index (κ2) is 10.3. The van der Waals surface area contributed by atoms with Crippen LogP contribution >= 0.6 is 15.9 Å². The fourth-order valence-corrected chi connectivity index (χ4v) is 5.53. The van der Waals surface area contributed by atoms with E-state index < -0.39 is 0 Å². The second-order valence-corrected chi connectivity index (χ2v) is 9.30. The van der Waals surface area contributed by atoms with Gasteiger partial charge in [-0.25, -0.2) is 0 Å². The number of halogens is 1. The molecule has 0 heterocycles. The number of aromatic hydroxyl groups is 2. The van der Waals surface area contributed by atoms with Crippen molar-refractivity contribution < 1.29 is 10.2 Å². The number of benzene rings is 1. The Bertz CT molecular complexity index is 832. The number of phenolic OH excluding ortho intramolecular Hbond substituents is 2. The van der Waals surface area contributed by atoms with Crippen molar-refractivity contribution in [2.75, 3.05) is 0 Å². The van der Waals surface area contributed by atoms with Crippen LogP contribution in [0.5, 0.6) is 11.5 Å². The predicted octanol–water partition coefficient (Wildman–Crippen LogP) is 8.28. The van der Waals surface area contributed by atoms with Crippen LogP contribution in [0.25, 0.3) is 0 Å². The first-order valence-corrected chi connectivity index (χ1v) is 11.3. The Morgan fingerprint density at radius 1 is 1.07 bits per heavy atom. The largest absolute Gasteiger partial charge is 0.507 e. The first-order chi connectivity index (χ1) is 13.7. The molecule has 2 aliphatic carbocycles. The molecule has 0 aromatic heterocycles. The van der Waals surface area contributed by atoms with Crippen molar-refractivity contribution in [3.63, 3.8) is 0 Å². The molecule has 158 valence electrons. The Labute approximate surface area is 184 Å². The molecular weight excluding hydrogens is 424 g/mol. The van der Waals surface area contributed by atoms with E-state index in [-0.39, 0.29) is 23.3 Å². The molecule has 1 aromatic carbocycles. The zero-order valence-electron chi connectivity index (χ0n) is 18.3. The van der Waals surface area contributed by atoms with Crippen molar-refractivity contribution in [3.8, 4) is 11.5 Å². The van der Waals surface area contributed by atoms with Crippen LogP contribution < -0.4 is 0 Å². The van der Waals surface area contributed by atoms with Gasteiger partial charge in [0.1, 0.15) is 11.5 Å². The lowest BCUT2D eigenvalue weighted by molar-refractivity contribution is 0.419. The van der Waals surface area contributed by atoms with E-state index >= 15 is 0 Å². The normalized spacial score (nSPS) is 24.0. The quantitative estimate of drug-likeness (QED) is 0.447. The highest BCUT2D eigenvalue weighted by Gasteiger charge is 2.32. The van der Waals surface area contributed by atoms with E-state index in [1.54, 1.807) is 6.08 Å². The van der Waals surface area contributed by atoms with Gasteiger partial charge in [0.05, 0.1) is 0 Å². The molecule has 2 aliphatic rings. The Balaban J connectivity index is 0.000000941. The zero-order valence-corrected chi connectivity index (χ0v) is 19.8. The summed E-state index contributed by atoms with van der Waals surface area (Å²) in [5.41, 5.74) is 5.67. The lowest BCUT2D eigenvalue weighted by atomic mass is 9.73. The SMILES string of the molecule is C=C(C)C1CCC(C)=C[C@H]1c1c(O)cc(O)c(C2C=C(C)CCC2)c1Br.C=CC. The maximum Gasteiger partial charge on any atom is 0.124 e. The van der Waals surface area contributed by atoms with E-state index in [1.807, 2.05) is 6.92 Å². The van der Waals surface area contributed by atoms with E-state index in [0.29, 0.717) is 5.92 Å². The molecule has 3 heteroatoms. The van der Waals surface area contributed by atoms with Gasteiger partial charge in [-0.3, -0.25) is 0 Å². The second-order valence-electron chi connectivity index (χ2n) is 8.51. The van der Waals surface area contributed by atoms with Gasteiger partial charge < -0.3 is 10.2 Å². The lowest BCUT2D eigenvalue weighted by Gasteiger charge is -2.33. The zero-order chi connectivity index (χ0) is 21.7. The maximum absolute atomic E-state index is 10.7. The van der Waals surface area contributed by atoms with E-state index in [4.69, 9.17) is 0 Å². The third-order valence-electron chi connectivity index (χ3n) is 5.95. The molecule has 2 N–H and O–H groups in total. The Morgan fingerprint density at radius 3 is 2.24 bits per heavy atom. The monoisotopic (exact) mass is 458 g/mol. The van der Waals surface area contributed by atoms with Crippen LogP contribution in [0.4, 0.5) is 0 Å². The van der Waals surface area contributed by atoms with Gasteiger partial charge in [-0.2, -0.15) is 0 Å². The fraction of sp³-hybridized carbons (Fsp3) is 0.462. The maximum atomic E-state index is 10.7. The molecular formula is C26H35BrO2. The minimum Gasteiger partial charge on any atom is -0.507 e. The minimum absolute atomic E-state index is 0.0867. The number of allylic oxidation sites excluding steroid dienone is 6. The van der Waals surface area contributed by atoms with E-state index in [0.717, 1.165) is 53.3 Å². The number of hydrogen-bond donors (Lipinski definition) is 2. The van der Waals surface area contributed by atoms with Crippen molar-refractivity contribution in [1.82, 2.24) is 0 Å². The minimum atomic E-state index is 0.0867. The van der Waals surface area contributed by atoms with Crippen molar-refractivity contribution in [1.29, 1.82) is 0 Å². The summed E-state index contributed by atoms with van der Waals surface area (Å²) in [6.45, 7) is 15.8. The molecule has 29 heavy (non-hydrogen) atoms. The molecule has 0 fully saturated rings. The molecule has 0 radical (unpaired) electrons. The van der Waals surface area contributed by atoms with Crippen molar-refractivity contribution >= 4 is 15.9 Å². The van der Waals surface area contributed by atoms with E-state index in [1.165, 1.54) is 17.2 Å².